The molecule has 0 radical (unpaired) electrons. The average Bonchev–Trinajstić information content (AvgIpc) is 2.32. The number of aliphatic hydroxyl groups excluding tert-OH is 1. The molecule has 2 nitrogen and oxygen atoms in total. The zero-order chi connectivity index (χ0) is 12.4. The third-order valence-electron chi connectivity index (χ3n) is 4.15. The summed E-state index contributed by atoms with van der Waals surface area (Å²) in [6.45, 7) is 4.56. The molecule has 2 rings (SSSR count). The van der Waals surface area contributed by atoms with E-state index < -0.39 is 6.10 Å². The second-order valence-electron chi connectivity index (χ2n) is 5.34. The molecular formula is C14H20ClNO. The summed E-state index contributed by atoms with van der Waals surface area (Å²) in [5.74, 6) is 1.73. The topological polar surface area (TPSA) is 33.1 Å². The second kappa shape index (κ2) is 5.36. The van der Waals surface area contributed by atoms with Gasteiger partial charge in [-0.3, -0.25) is 4.98 Å². The number of pyridine rings is 1. The summed E-state index contributed by atoms with van der Waals surface area (Å²) < 4.78 is 0. The van der Waals surface area contributed by atoms with Crippen molar-refractivity contribution in [1.82, 2.24) is 4.98 Å². The Morgan fingerprint density at radius 2 is 2.12 bits per heavy atom. The molecule has 0 aliphatic heterocycles. The zero-order valence-corrected chi connectivity index (χ0v) is 11.2. The van der Waals surface area contributed by atoms with Crippen LogP contribution in [0, 0.1) is 17.8 Å². The summed E-state index contributed by atoms with van der Waals surface area (Å²) >= 11 is 6.08. The van der Waals surface area contributed by atoms with Crippen molar-refractivity contribution in [1.29, 1.82) is 0 Å². The lowest BCUT2D eigenvalue weighted by Crippen LogP contribution is -2.25. The highest BCUT2D eigenvalue weighted by Crippen LogP contribution is 2.40. The van der Waals surface area contributed by atoms with E-state index in [4.69, 9.17) is 11.6 Å². The highest BCUT2D eigenvalue weighted by atomic mass is 35.5. The van der Waals surface area contributed by atoms with Crippen LogP contribution in [0.3, 0.4) is 0 Å². The molecule has 0 bridgehead atoms. The van der Waals surface area contributed by atoms with Crippen molar-refractivity contribution in [3.05, 3.63) is 29.0 Å². The molecule has 1 aromatic heterocycles. The van der Waals surface area contributed by atoms with Gasteiger partial charge in [0, 0.05) is 6.20 Å². The lowest BCUT2D eigenvalue weighted by molar-refractivity contribution is 0.0532. The van der Waals surface area contributed by atoms with Gasteiger partial charge in [-0.1, -0.05) is 31.9 Å². The van der Waals surface area contributed by atoms with E-state index in [1.54, 1.807) is 18.3 Å². The van der Waals surface area contributed by atoms with Gasteiger partial charge in [-0.25, -0.2) is 0 Å². The van der Waals surface area contributed by atoms with Crippen LogP contribution in [0.25, 0.3) is 0 Å². The predicted molar refractivity (Wildman–Crippen MR) is 69.9 cm³/mol. The van der Waals surface area contributed by atoms with Gasteiger partial charge in [0.1, 0.15) is 6.10 Å². The van der Waals surface area contributed by atoms with E-state index in [1.807, 2.05) is 0 Å². The van der Waals surface area contributed by atoms with Crippen LogP contribution in [0.1, 0.15) is 44.9 Å². The quantitative estimate of drug-likeness (QED) is 0.869. The Morgan fingerprint density at radius 1 is 1.35 bits per heavy atom. The molecule has 0 saturated heterocycles. The molecule has 0 aromatic carbocycles. The Kier molecular flexibility index (Phi) is 4.05. The largest absolute Gasteiger partial charge is 0.386 e. The predicted octanol–water partition coefficient (Wildman–Crippen LogP) is 3.84. The van der Waals surface area contributed by atoms with Crippen molar-refractivity contribution < 1.29 is 5.11 Å². The first-order valence-electron chi connectivity index (χ1n) is 6.38. The molecule has 17 heavy (non-hydrogen) atoms. The van der Waals surface area contributed by atoms with Gasteiger partial charge in [-0.15, -0.1) is 0 Å². The van der Waals surface area contributed by atoms with Crippen LogP contribution in [0.5, 0.6) is 0 Å². The Labute approximate surface area is 108 Å². The first kappa shape index (κ1) is 12.8. The Hall–Kier alpha value is -0.600. The molecule has 1 N–H and O–H groups in total. The maximum Gasteiger partial charge on any atom is 0.100 e. The third kappa shape index (κ3) is 2.80. The highest BCUT2D eigenvalue weighted by molar-refractivity contribution is 6.31. The van der Waals surface area contributed by atoms with Gasteiger partial charge < -0.3 is 5.11 Å². The van der Waals surface area contributed by atoms with Gasteiger partial charge in [-0.2, -0.15) is 0 Å². The van der Waals surface area contributed by atoms with Crippen LogP contribution in [-0.2, 0) is 0 Å². The van der Waals surface area contributed by atoms with Gasteiger partial charge in [0.05, 0.1) is 10.7 Å². The number of hydrogen-bond acceptors (Lipinski definition) is 2. The number of nitrogens with zero attached hydrogens (tertiary/aromatic N) is 1. The van der Waals surface area contributed by atoms with Crippen molar-refractivity contribution in [2.45, 2.75) is 39.2 Å². The van der Waals surface area contributed by atoms with Gasteiger partial charge in [-0.05, 0) is 42.7 Å². The highest BCUT2D eigenvalue weighted by Gasteiger charge is 2.31. The summed E-state index contributed by atoms with van der Waals surface area (Å²) in [6, 6.07) is 3.59. The summed E-state index contributed by atoms with van der Waals surface area (Å²) in [4.78, 5) is 4.22. The van der Waals surface area contributed by atoms with Crippen molar-refractivity contribution >= 4 is 11.6 Å². The van der Waals surface area contributed by atoms with E-state index >= 15 is 0 Å². The summed E-state index contributed by atoms with van der Waals surface area (Å²) in [5.41, 5.74) is 0.640. The standard InChI is InChI=1S/C14H20ClNO/c1-9-5-6-11(8-10(9)2)14(17)13-12(15)4-3-7-16-13/h3-4,7,9-11,14,17H,5-6,8H2,1-2H3. The Morgan fingerprint density at radius 3 is 2.76 bits per heavy atom. The second-order valence-corrected chi connectivity index (χ2v) is 5.75. The minimum atomic E-state index is -0.515. The first-order chi connectivity index (χ1) is 8.09. The number of rotatable bonds is 2. The van der Waals surface area contributed by atoms with Crippen molar-refractivity contribution in [2.75, 3.05) is 0 Å². The summed E-state index contributed by atoms with van der Waals surface area (Å²) in [5, 5.41) is 11.0. The molecule has 1 aromatic rings. The van der Waals surface area contributed by atoms with Gasteiger partial charge in [0.15, 0.2) is 0 Å². The number of aromatic nitrogens is 1. The molecular weight excluding hydrogens is 234 g/mol. The van der Waals surface area contributed by atoms with E-state index in [2.05, 4.69) is 18.8 Å². The molecule has 4 unspecified atom stereocenters. The van der Waals surface area contributed by atoms with E-state index in [0.717, 1.165) is 18.8 Å². The molecule has 1 heterocycles. The average molecular weight is 254 g/mol. The molecule has 1 saturated carbocycles. The summed E-state index contributed by atoms with van der Waals surface area (Å²) in [6.07, 6.45) is 4.50. The number of halogens is 1. The minimum absolute atomic E-state index is 0.300. The fourth-order valence-electron chi connectivity index (χ4n) is 2.71. The number of hydrogen-bond donors (Lipinski definition) is 1. The van der Waals surface area contributed by atoms with Crippen LogP contribution in [-0.4, -0.2) is 10.1 Å². The lowest BCUT2D eigenvalue weighted by atomic mass is 9.73. The van der Waals surface area contributed by atoms with Crippen LogP contribution < -0.4 is 0 Å². The molecule has 0 spiro atoms. The Balaban J connectivity index is 2.10. The normalized spacial score (nSPS) is 31.2. The van der Waals surface area contributed by atoms with E-state index in [0.29, 0.717) is 22.6 Å². The molecule has 1 aliphatic carbocycles. The van der Waals surface area contributed by atoms with Gasteiger partial charge >= 0.3 is 0 Å². The van der Waals surface area contributed by atoms with Crippen LogP contribution in [0.15, 0.2) is 18.3 Å². The van der Waals surface area contributed by atoms with E-state index in [9.17, 15) is 5.11 Å². The van der Waals surface area contributed by atoms with Crippen LogP contribution in [0.4, 0.5) is 0 Å². The maximum atomic E-state index is 10.4. The maximum absolute atomic E-state index is 10.4. The molecule has 0 amide bonds. The number of aliphatic hydroxyl groups is 1. The third-order valence-corrected chi connectivity index (χ3v) is 4.47. The smallest absolute Gasteiger partial charge is 0.100 e. The van der Waals surface area contributed by atoms with E-state index in [1.165, 1.54) is 6.42 Å². The molecule has 94 valence electrons. The SMILES string of the molecule is CC1CCC(C(O)c2ncccc2Cl)CC1C. The van der Waals surface area contributed by atoms with Crippen LogP contribution in [0.2, 0.25) is 5.02 Å². The zero-order valence-electron chi connectivity index (χ0n) is 10.4. The van der Waals surface area contributed by atoms with E-state index in [-0.39, 0.29) is 0 Å². The first-order valence-corrected chi connectivity index (χ1v) is 6.76. The lowest BCUT2D eigenvalue weighted by Gasteiger charge is -2.34. The molecule has 1 aliphatic rings. The fourth-order valence-corrected chi connectivity index (χ4v) is 2.95. The van der Waals surface area contributed by atoms with Gasteiger partial charge in [0.2, 0.25) is 0 Å². The van der Waals surface area contributed by atoms with Crippen molar-refractivity contribution in [3.8, 4) is 0 Å². The van der Waals surface area contributed by atoms with Gasteiger partial charge in [0.25, 0.3) is 0 Å². The summed E-state index contributed by atoms with van der Waals surface area (Å²) in [7, 11) is 0. The van der Waals surface area contributed by atoms with Crippen molar-refractivity contribution in [2.24, 2.45) is 17.8 Å². The minimum Gasteiger partial charge on any atom is -0.386 e. The molecule has 4 atom stereocenters. The molecule has 3 heteroatoms. The monoisotopic (exact) mass is 253 g/mol. The van der Waals surface area contributed by atoms with Crippen molar-refractivity contribution in [3.63, 3.8) is 0 Å². The molecule has 1 fully saturated rings. The Bertz CT molecular complexity index is 382. The fraction of sp³-hybridized carbons (Fsp3) is 0.643. The van der Waals surface area contributed by atoms with Crippen LogP contribution >= 0.6 is 11.6 Å².